The molecule has 0 spiro atoms. The molecule has 2 atom stereocenters. The summed E-state index contributed by atoms with van der Waals surface area (Å²) in [5.41, 5.74) is 1.97. The Hall–Kier alpha value is -3.17. The molecule has 30 heavy (non-hydrogen) atoms. The van der Waals surface area contributed by atoms with E-state index in [0.29, 0.717) is 5.56 Å². The highest BCUT2D eigenvalue weighted by molar-refractivity contribution is 5.84. The van der Waals surface area contributed by atoms with Gasteiger partial charge in [-0.25, -0.2) is 10.3 Å². The van der Waals surface area contributed by atoms with E-state index in [-0.39, 0.29) is 25.4 Å². The molecule has 0 fully saturated rings. The fourth-order valence-corrected chi connectivity index (χ4v) is 3.14. The van der Waals surface area contributed by atoms with Crippen molar-refractivity contribution in [3.63, 3.8) is 0 Å². The maximum Gasteiger partial charge on any atom is 0.318 e. The van der Waals surface area contributed by atoms with Gasteiger partial charge in [0.1, 0.15) is 0 Å². The van der Waals surface area contributed by atoms with Crippen LogP contribution in [-0.2, 0) is 9.59 Å². The number of nitrogens with one attached hydrogen (secondary N) is 2. The number of carboxylic acids is 1. The number of nitrogens with zero attached hydrogens (tertiary/aromatic N) is 1. The molecule has 0 radical (unpaired) electrons. The lowest BCUT2D eigenvalue weighted by molar-refractivity contribution is -0.138. The molecule has 0 aliphatic heterocycles. The van der Waals surface area contributed by atoms with Crippen LogP contribution >= 0.6 is 0 Å². The van der Waals surface area contributed by atoms with Crippen LogP contribution in [0.4, 0.5) is 4.79 Å². The first kappa shape index (κ1) is 23.1. The molecule has 9 heteroatoms. The molecular formula is C21H27N3O6. The highest BCUT2D eigenvalue weighted by Gasteiger charge is 2.26. The van der Waals surface area contributed by atoms with E-state index in [0.717, 1.165) is 10.8 Å². The number of rotatable bonds is 9. The molecule has 0 saturated carbocycles. The second-order valence-corrected chi connectivity index (χ2v) is 7.50. The number of carbonyl (C=O) groups is 3. The van der Waals surface area contributed by atoms with Crippen LogP contribution in [0.15, 0.2) is 42.5 Å². The van der Waals surface area contributed by atoms with Crippen molar-refractivity contribution in [1.82, 2.24) is 15.7 Å². The first-order chi connectivity index (χ1) is 14.2. The molecule has 5 N–H and O–H groups in total. The lowest BCUT2D eigenvalue weighted by Gasteiger charge is -2.29. The summed E-state index contributed by atoms with van der Waals surface area (Å²) in [6, 6.07) is 11.6. The number of hydrogen-bond donors (Lipinski definition) is 5. The van der Waals surface area contributed by atoms with E-state index in [1.807, 2.05) is 50.2 Å². The minimum atomic E-state index is -1.63. The molecule has 2 aromatic carbocycles. The van der Waals surface area contributed by atoms with Crippen molar-refractivity contribution >= 4 is 28.7 Å². The zero-order valence-corrected chi connectivity index (χ0v) is 16.9. The number of aliphatic hydroxyl groups excluding tert-OH is 1. The molecule has 162 valence electrons. The summed E-state index contributed by atoms with van der Waals surface area (Å²) < 4.78 is 0. The molecule has 2 rings (SSSR count). The number of amides is 3. The molecule has 0 aliphatic rings. The van der Waals surface area contributed by atoms with Crippen LogP contribution in [0.2, 0.25) is 0 Å². The smallest absolute Gasteiger partial charge is 0.318 e. The minimum Gasteiger partial charge on any atom is -0.481 e. The highest BCUT2D eigenvalue weighted by Crippen LogP contribution is 2.23. The molecule has 3 amide bonds. The summed E-state index contributed by atoms with van der Waals surface area (Å²) in [4.78, 5) is 36.9. The van der Waals surface area contributed by atoms with Crippen molar-refractivity contribution in [3.8, 4) is 0 Å². The molecule has 0 bridgehead atoms. The minimum absolute atomic E-state index is 0.0266. The van der Waals surface area contributed by atoms with Crippen LogP contribution in [0.5, 0.6) is 0 Å². The third-order valence-corrected chi connectivity index (χ3v) is 4.53. The topological polar surface area (TPSA) is 139 Å². The van der Waals surface area contributed by atoms with E-state index in [2.05, 4.69) is 5.32 Å². The number of fused-ring (bicyclic) bond motifs is 1. The predicted molar refractivity (Wildman–Crippen MR) is 110 cm³/mol. The average Bonchev–Trinajstić information content (AvgIpc) is 2.70. The summed E-state index contributed by atoms with van der Waals surface area (Å²) in [5, 5.41) is 32.5. The standard InChI is InChI=1S/C21H27N3O6/c1-13(2)11-24(12-18(25)20(28)23-30)21(29)22-17(10-19(26)27)16-8-7-14-5-3-4-6-15(14)9-16/h3-9,13,17-18,25,30H,10-12H2,1-2H3,(H,22,29)(H,23,28)(H,26,27). The SMILES string of the molecule is CC(C)CN(CC(O)C(=O)NO)C(=O)NC(CC(=O)O)c1ccc2ccccc2c1. The van der Waals surface area contributed by atoms with Crippen LogP contribution in [0, 0.1) is 5.92 Å². The normalized spacial score (nSPS) is 13.0. The van der Waals surface area contributed by atoms with Crippen molar-refractivity contribution in [1.29, 1.82) is 0 Å². The second kappa shape index (κ2) is 10.6. The van der Waals surface area contributed by atoms with Crippen LogP contribution in [0.1, 0.15) is 31.9 Å². The lowest BCUT2D eigenvalue weighted by atomic mass is 10.00. The van der Waals surface area contributed by atoms with Gasteiger partial charge >= 0.3 is 12.0 Å². The molecule has 0 saturated heterocycles. The summed E-state index contributed by atoms with van der Waals surface area (Å²) in [5.74, 6) is -2.09. The van der Waals surface area contributed by atoms with Gasteiger partial charge in [-0.3, -0.25) is 14.8 Å². The molecule has 0 heterocycles. The average molecular weight is 417 g/mol. The van der Waals surface area contributed by atoms with Gasteiger partial charge in [-0.05, 0) is 28.3 Å². The van der Waals surface area contributed by atoms with Crippen LogP contribution in [0.3, 0.4) is 0 Å². The van der Waals surface area contributed by atoms with Gasteiger partial charge in [0.25, 0.3) is 5.91 Å². The van der Waals surface area contributed by atoms with Crippen LogP contribution in [0.25, 0.3) is 10.8 Å². The van der Waals surface area contributed by atoms with E-state index < -0.39 is 30.1 Å². The van der Waals surface area contributed by atoms with Gasteiger partial charge in [0.2, 0.25) is 0 Å². The second-order valence-electron chi connectivity index (χ2n) is 7.50. The molecule has 2 aromatic rings. The fraction of sp³-hybridized carbons (Fsp3) is 0.381. The van der Waals surface area contributed by atoms with Crippen molar-refractivity contribution in [2.45, 2.75) is 32.4 Å². The van der Waals surface area contributed by atoms with Gasteiger partial charge in [0, 0.05) is 6.54 Å². The number of aliphatic carboxylic acids is 1. The van der Waals surface area contributed by atoms with Gasteiger partial charge in [-0.2, -0.15) is 0 Å². The van der Waals surface area contributed by atoms with Gasteiger partial charge in [-0.15, -0.1) is 0 Å². The predicted octanol–water partition coefficient (Wildman–Crippen LogP) is 1.89. The zero-order valence-electron chi connectivity index (χ0n) is 16.9. The Bertz CT molecular complexity index is 901. The Kier molecular flexibility index (Phi) is 8.14. The first-order valence-corrected chi connectivity index (χ1v) is 9.59. The van der Waals surface area contributed by atoms with Crippen molar-refractivity contribution < 1.29 is 29.8 Å². The fourth-order valence-electron chi connectivity index (χ4n) is 3.14. The number of hydroxylamine groups is 1. The van der Waals surface area contributed by atoms with Crippen molar-refractivity contribution in [2.75, 3.05) is 13.1 Å². The van der Waals surface area contributed by atoms with E-state index in [1.165, 1.54) is 10.4 Å². The number of carboxylic acid groups (broad SMARTS) is 1. The molecule has 2 unspecified atom stereocenters. The van der Waals surface area contributed by atoms with E-state index in [1.54, 1.807) is 6.07 Å². The number of urea groups is 1. The van der Waals surface area contributed by atoms with Gasteiger partial charge in [0.15, 0.2) is 6.10 Å². The largest absolute Gasteiger partial charge is 0.481 e. The Labute approximate surface area is 174 Å². The van der Waals surface area contributed by atoms with Crippen molar-refractivity contribution in [2.24, 2.45) is 5.92 Å². The third kappa shape index (κ3) is 6.43. The van der Waals surface area contributed by atoms with Crippen LogP contribution < -0.4 is 10.8 Å². The van der Waals surface area contributed by atoms with Gasteiger partial charge in [0.05, 0.1) is 19.0 Å². The third-order valence-electron chi connectivity index (χ3n) is 4.53. The molecule has 0 aliphatic carbocycles. The summed E-state index contributed by atoms with van der Waals surface area (Å²) >= 11 is 0. The summed E-state index contributed by atoms with van der Waals surface area (Å²) in [6.07, 6.45) is -1.96. The first-order valence-electron chi connectivity index (χ1n) is 9.59. The van der Waals surface area contributed by atoms with E-state index >= 15 is 0 Å². The number of carbonyl (C=O) groups excluding carboxylic acids is 2. The highest BCUT2D eigenvalue weighted by atomic mass is 16.5. The van der Waals surface area contributed by atoms with Crippen molar-refractivity contribution in [3.05, 3.63) is 48.0 Å². The molecule has 9 nitrogen and oxygen atoms in total. The maximum atomic E-state index is 12.9. The van der Waals surface area contributed by atoms with E-state index in [9.17, 15) is 24.6 Å². The summed E-state index contributed by atoms with van der Waals surface area (Å²) in [6.45, 7) is 3.58. The number of benzene rings is 2. The van der Waals surface area contributed by atoms with Gasteiger partial charge < -0.3 is 20.4 Å². The summed E-state index contributed by atoms with van der Waals surface area (Å²) in [7, 11) is 0. The Morgan fingerprint density at radius 3 is 2.30 bits per heavy atom. The van der Waals surface area contributed by atoms with E-state index in [4.69, 9.17) is 5.21 Å². The lowest BCUT2D eigenvalue weighted by Crippen LogP contribution is -2.49. The maximum absolute atomic E-state index is 12.9. The molecule has 0 aromatic heterocycles. The number of hydrogen-bond acceptors (Lipinski definition) is 5. The Morgan fingerprint density at radius 1 is 1.03 bits per heavy atom. The molecular weight excluding hydrogens is 390 g/mol. The Morgan fingerprint density at radius 2 is 1.70 bits per heavy atom. The number of aliphatic hydroxyl groups is 1. The Balaban J connectivity index is 2.25. The quantitative estimate of drug-likeness (QED) is 0.312. The zero-order chi connectivity index (χ0) is 22.3. The van der Waals surface area contributed by atoms with Gasteiger partial charge in [-0.1, -0.05) is 50.2 Å². The monoisotopic (exact) mass is 417 g/mol. The van der Waals surface area contributed by atoms with Crippen LogP contribution in [-0.4, -0.2) is 57.4 Å².